The lowest BCUT2D eigenvalue weighted by Gasteiger charge is -2.26. The molecule has 0 unspecified atom stereocenters. The largest absolute Gasteiger partial charge is 0.598 e. The predicted molar refractivity (Wildman–Crippen MR) is 72.0 cm³/mol. The van der Waals surface area contributed by atoms with Crippen LogP contribution in [0.4, 0.5) is 0 Å². The summed E-state index contributed by atoms with van der Waals surface area (Å²) in [6.45, 7) is 8.10. The van der Waals surface area contributed by atoms with Gasteiger partial charge in [0.1, 0.15) is 4.75 Å². The number of hydrogen-bond donors (Lipinski definition) is 1. The summed E-state index contributed by atoms with van der Waals surface area (Å²) in [5.41, 5.74) is 1.04. The van der Waals surface area contributed by atoms with E-state index in [1.54, 1.807) is 0 Å². The van der Waals surface area contributed by atoms with Crippen molar-refractivity contribution < 1.29 is 14.0 Å². The van der Waals surface area contributed by atoms with Crippen LogP contribution in [0.5, 0.6) is 11.5 Å². The Hall–Kier alpha value is -0.910. The summed E-state index contributed by atoms with van der Waals surface area (Å²) in [5.74, 6) is 1.52. The Morgan fingerprint density at radius 3 is 2.61 bits per heavy atom. The molecule has 5 heteroatoms. The van der Waals surface area contributed by atoms with Gasteiger partial charge in [0.2, 0.25) is 6.79 Å². The molecule has 1 aromatic carbocycles. The zero-order valence-electron chi connectivity index (χ0n) is 11.1. The number of fused-ring (bicyclic) bond motifs is 1. The van der Waals surface area contributed by atoms with Gasteiger partial charge in [0.25, 0.3) is 0 Å². The van der Waals surface area contributed by atoms with Gasteiger partial charge in [-0.05, 0) is 45.4 Å². The molecule has 1 aromatic rings. The molecule has 0 bridgehead atoms. The Bertz CT molecular complexity index is 431. The molecule has 0 spiro atoms. The summed E-state index contributed by atoms with van der Waals surface area (Å²) in [4.78, 5) is 0. The third-order valence-electron chi connectivity index (χ3n) is 2.74. The van der Waals surface area contributed by atoms with Crippen LogP contribution in [0.15, 0.2) is 18.2 Å². The molecule has 2 atom stereocenters. The molecule has 0 saturated heterocycles. The lowest BCUT2D eigenvalue weighted by molar-refractivity contribution is 0.174. The average Bonchev–Trinajstić information content (AvgIpc) is 2.74. The summed E-state index contributed by atoms with van der Waals surface area (Å²) in [6.07, 6.45) is 0. The number of benzene rings is 1. The molecule has 1 aliphatic rings. The van der Waals surface area contributed by atoms with Gasteiger partial charge in [0, 0.05) is 11.4 Å². The topological polar surface area (TPSA) is 53.5 Å². The first-order chi connectivity index (χ1) is 8.38. The second-order valence-electron chi connectivity index (χ2n) is 5.33. The minimum Gasteiger partial charge on any atom is -0.598 e. The molecule has 0 radical (unpaired) electrons. The fourth-order valence-electron chi connectivity index (χ4n) is 1.59. The van der Waals surface area contributed by atoms with Gasteiger partial charge in [-0.2, -0.15) is 0 Å². The van der Waals surface area contributed by atoms with Crippen molar-refractivity contribution in [3.8, 4) is 11.5 Å². The second-order valence-corrected chi connectivity index (χ2v) is 7.33. The van der Waals surface area contributed by atoms with Gasteiger partial charge >= 0.3 is 0 Å². The second kappa shape index (κ2) is 4.99. The number of hydrogen-bond acceptors (Lipinski definition) is 4. The van der Waals surface area contributed by atoms with Crippen molar-refractivity contribution in [3.63, 3.8) is 0 Å². The highest BCUT2D eigenvalue weighted by atomic mass is 32.2. The molecule has 18 heavy (non-hydrogen) atoms. The lowest BCUT2D eigenvalue weighted by atomic mass is 10.1. The van der Waals surface area contributed by atoms with Gasteiger partial charge in [0.05, 0.1) is 6.04 Å². The van der Waals surface area contributed by atoms with E-state index in [2.05, 4.69) is 4.72 Å². The zero-order valence-corrected chi connectivity index (χ0v) is 12.0. The van der Waals surface area contributed by atoms with E-state index in [1.165, 1.54) is 0 Å². The molecule has 100 valence electrons. The molecule has 0 fully saturated rings. The molecule has 1 N–H and O–H groups in total. The first kappa shape index (κ1) is 13.5. The standard InChI is InChI=1S/C13H19NO3S/c1-9(14-18(15)13(2,3)4)10-5-6-11-12(7-10)17-8-16-11/h5-7,9,14H,8H2,1-4H3/t9-,18+/m1/s1. The third-order valence-corrected chi connectivity index (χ3v) is 4.42. The lowest BCUT2D eigenvalue weighted by Crippen LogP contribution is -2.40. The highest BCUT2D eigenvalue weighted by molar-refractivity contribution is 7.90. The van der Waals surface area contributed by atoms with Crippen LogP contribution in [0.1, 0.15) is 39.3 Å². The van der Waals surface area contributed by atoms with Gasteiger partial charge < -0.3 is 14.0 Å². The molecular formula is C13H19NO3S. The fourth-order valence-corrected chi connectivity index (χ4v) is 2.40. The smallest absolute Gasteiger partial charge is 0.231 e. The monoisotopic (exact) mass is 269 g/mol. The first-order valence-corrected chi connectivity index (χ1v) is 7.10. The Morgan fingerprint density at radius 1 is 1.28 bits per heavy atom. The van der Waals surface area contributed by atoms with Crippen LogP contribution >= 0.6 is 0 Å². The van der Waals surface area contributed by atoms with E-state index >= 15 is 0 Å². The molecule has 4 nitrogen and oxygen atoms in total. The van der Waals surface area contributed by atoms with Crippen LogP contribution in [-0.2, 0) is 11.4 Å². The Kier molecular flexibility index (Phi) is 3.75. The first-order valence-electron chi connectivity index (χ1n) is 5.95. The van der Waals surface area contributed by atoms with E-state index in [0.717, 1.165) is 17.1 Å². The van der Waals surface area contributed by atoms with E-state index in [-0.39, 0.29) is 17.6 Å². The average molecular weight is 269 g/mol. The number of nitrogens with one attached hydrogen (secondary N) is 1. The van der Waals surface area contributed by atoms with Crippen LogP contribution in [0.25, 0.3) is 0 Å². The summed E-state index contributed by atoms with van der Waals surface area (Å²) in [7, 11) is 0. The van der Waals surface area contributed by atoms with Crippen molar-refractivity contribution in [1.29, 1.82) is 0 Å². The van der Waals surface area contributed by atoms with Gasteiger partial charge in [-0.15, -0.1) is 4.72 Å². The summed E-state index contributed by atoms with van der Waals surface area (Å²) in [6, 6.07) is 5.78. The molecular weight excluding hydrogens is 250 g/mol. The minimum atomic E-state index is -1.09. The molecule has 1 aliphatic heterocycles. The van der Waals surface area contributed by atoms with Crippen molar-refractivity contribution in [2.24, 2.45) is 0 Å². The van der Waals surface area contributed by atoms with Crippen molar-refractivity contribution in [2.75, 3.05) is 6.79 Å². The summed E-state index contributed by atoms with van der Waals surface area (Å²) < 4.78 is 25.5. The predicted octanol–water partition coefficient (Wildman–Crippen LogP) is 2.53. The minimum absolute atomic E-state index is 0.000409. The third kappa shape index (κ3) is 2.91. The van der Waals surface area contributed by atoms with Crippen molar-refractivity contribution in [3.05, 3.63) is 23.8 Å². The molecule has 0 saturated carbocycles. The normalized spacial score (nSPS) is 17.6. The number of ether oxygens (including phenoxy) is 2. The maximum atomic E-state index is 12.0. The van der Waals surface area contributed by atoms with Gasteiger partial charge in [-0.3, -0.25) is 0 Å². The molecule has 0 aromatic heterocycles. The Balaban J connectivity index is 2.07. The van der Waals surface area contributed by atoms with Crippen molar-refractivity contribution in [1.82, 2.24) is 4.72 Å². The van der Waals surface area contributed by atoms with Crippen LogP contribution in [0.3, 0.4) is 0 Å². The molecule has 2 rings (SSSR count). The zero-order chi connectivity index (χ0) is 13.3. The van der Waals surface area contributed by atoms with Crippen molar-refractivity contribution in [2.45, 2.75) is 38.5 Å². The number of rotatable bonds is 3. The van der Waals surface area contributed by atoms with E-state index in [1.807, 2.05) is 45.9 Å². The van der Waals surface area contributed by atoms with Gasteiger partial charge in [0.15, 0.2) is 11.5 Å². The molecule has 0 amide bonds. The molecule has 0 aliphatic carbocycles. The van der Waals surface area contributed by atoms with Crippen LogP contribution < -0.4 is 14.2 Å². The van der Waals surface area contributed by atoms with E-state index in [0.29, 0.717) is 0 Å². The van der Waals surface area contributed by atoms with Crippen LogP contribution in [0, 0.1) is 0 Å². The van der Waals surface area contributed by atoms with E-state index in [9.17, 15) is 4.55 Å². The summed E-state index contributed by atoms with van der Waals surface area (Å²) in [5, 5.41) is 0. The van der Waals surface area contributed by atoms with E-state index < -0.39 is 11.4 Å². The Labute approximate surface area is 111 Å². The van der Waals surface area contributed by atoms with Gasteiger partial charge in [-0.25, -0.2) is 0 Å². The fraction of sp³-hybridized carbons (Fsp3) is 0.538. The van der Waals surface area contributed by atoms with Crippen molar-refractivity contribution >= 4 is 11.4 Å². The molecule has 1 heterocycles. The highest BCUT2D eigenvalue weighted by Gasteiger charge is 2.28. The van der Waals surface area contributed by atoms with Crippen LogP contribution in [-0.4, -0.2) is 16.1 Å². The van der Waals surface area contributed by atoms with Gasteiger partial charge in [-0.1, -0.05) is 6.07 Å². The SMILES string of the molecule is C[C@@H](N[S@@+]([O-])C(C)(C)C)c1ccc2c(c1)OCO2. The summed E-state index contributed by atoms with van der Waals surface area (Å²) >= 11 is -1.09. The van der Waals surface area contributed by atoms with E-state index in [4.69, 9.17) is 9.47 Å². The van der Waals surface area contributed by atoms with Crippen LogP contribution in [0.2, 0.25) is 0 Å². The maximum absolute atomic E-state index is 12.0. The quantitative estimate of drug-likeness (QED) is 0.857. The highest BCUT2D eigenvalue weighted by Crippen LogP contribution is 2.34. The Morgan fingerprint density at radius 2 is 1.94 bits per heavy atom. The maximum Gasteiger partial charge on any atom is 0.231 e.